The lowest BCUT2D eigenvalue weighted by molar-refractivity contribution is -0.137. The summed E-state index contributed by atoms with van der Waals surface area (Å²) in [6.45, 7) is -0.648. The molecule has 0 saturated carbocycles. The number of hydrogen-bond donors (Lipinski definition) is 1. The van der Waals surface area contributed by atoms with Crippen LogP contribution in [0.5, 0.6) is 5.75 Å². The molecule has 1 aliphatic rings. The van der Waals surface area contributed by atoms with Gasteiger partial charge >= 0.3 is 6.18 Å². The smallest absolute Gasteiger partial charge is 0.416 e. The molecule has 0 radical (unpaired) electrons. The van der Waals surface area contributed by atoms with E-state index in [0.29, 0.717) is 11.4 Å². The fraction of sp³-hybridized carbons (Fsp3) is 0.150. The Kier molecular flexibility index (Phi) is 5.44. The Balaban J connectivity index is 1.62. The highest BCUT2D eigenvalue weighted by Crippen LogP contribution is 2.35. The number of carbonyl (C=O) groups is 2. The van der Waals surface area contributed by atoms with Crippen molar-refractivity contribution in [1.29, 1.82) is 0 Å². The number of alkyl halides is 3. The van der Waals surface area contributed by atoms with Crippen molar-refractivity contribution in [2.75, 3.05) is 23.4 Å². The van der Waals surface area contributed by atoms with Gasteiger partial charge in [0.1, 0.15) is 12.3 Å². The van der Waals surface area contributed by atoms with Crippen LogP contribution in [0.15, 0.2) is 59.3 Å². The first-order valence-electron chi connectivity index (χ1n) is 8.96. The van der Waals surface area contributed by atoms with Gasteiger partial charge < -0.3 is 10.1 Å². The van der Waals surface area contributed by atoms with Gasteiger partial charge in [-0.15, -0.1) is 0 Å². The first-order valence-corrected chi connectivity index (χ1v) is 9.75. The van der Waals surface area contributed by atoms with E-state index in [1.165, 1.54) is 28.0 Å². The zero-order valence-corrected chi connectivity index (χ0v) is 17.3. The van der Waals surface area contributed by atoms with Crippen LogP contribution in [0.25, 0.3) is 5.69 Å². The molecule has 4 rings (SSSR count). The Bertz CT molecular complexity index is 1150. The van der Waals surface area contributed by atoms with Crippen molar-refractivity contribution in [3.05, 3.63) is 64.9 Å². The summed E-state index contributed by atoms with van der Waals surface area (Å²) in [5, 5.41) is 6.49. The maximum atomic E-state index is 13.2. The van der Waals surface area contributed by atoms with Crippen molar-refractivity contribution in [2.45, 2.75) is 6.18 Å². The van der Waals surface area contributed by atoms with Gasteiger partial charge in [-0.25, -0.2) is 4.68 Å². The minimum atomic E-state index is -4.59. The fourth-order valence-corrected chi connectivity index (χ4v) is 3.45. The Labute approximate surface area is 182 Å². The van der Waals surface area contributed by atoms with Crippen molar-refractivity contribution in [3.8, 4) is 11.4 Å². The van der Waals surface area contributed by atoms with Gasteiger partial charge in [-0.3, -0.25) is 14.5 Å². The summed E-state index contributed by atoms with van der Waals surface area (Å²) in [7, 11) is 0. The molecule has 0 bridgehead atoms. The number of ether oxygens (including phenoxy) is 1. The van der Waals surface area contributed by atoms with Crippen LogP contribution in [-0.4, -0.2) is 34.7 Å². The maximum Gasteiger partial charge on any atom is 0.416 e. The van der Waals surface area contributed by atoms with Crippen molar-refractivity contribution >= 4 is 39.1 Å². The van der Waals surface area contributed by atoms with Crippen LogP contribution in [0.4, 0.5) is 24.5 Å². The molecule has 160 valence electrons. The number of nitrogens with one attached hydrogen (secondary N) is 1. The first kappa shape index (κ1) is 20.9. The van der Waals surface area contributed by atoms with Crippen LogP contribution in [0.2, 0.25) is 0 Å². The molecule has 1 aromatic heterocycles. The van der Waals surface area contributed by atoms with Gasteiger partial charge in [-0.2, -0.15) is 18.3 Å². The Morgan fingerprint density at radius 1 is 1.19 bits per heavy atom. The highest BCUT2D eigenvalue weighted by molar-refractivity contribution is 9.10. The monoisotopic (exact) mass is 494 g/mol. The van der Waals surface area contributed by atoms with E-state index in [9.17, 15) is 22.8 Å². The molecule has 2 aromatic carbocycles. The van der Waals surface area contributed by atoms with E-state index in [1.54, 1.807) is 24.3 Å². The molecule has 0 saturated heterocycles. The Hall–Kier alpha value is -3.34. The van der Waals surface area contributed by atoms with Crippen LogP contribution in [0, 0.1) is 0 Å². The third kappa shape index (κ3) is 4.41. The molecule has 31 heavy (non-hydrogen) atoms. The van der Waals surface area contributed by atoms with Crippen LogP contribution >= 0.6 is 15.9 Å². The summed E-state index contributed by atoms with van der Waals surface area (Å²) in [6.07, 6.45) is -1.59. The van der Waals surface area contributed by atoms with E-state index in [0.717, 1.165) is 16.6 Å². The highest BCUT2D eigenvalue weighted by atomic mass is 79.9. The lowest BCUT2D eigenvalue weighted by Crippen LogP contribution is -2.43. The third-order valence-corrected chi connectivity index (χ3v) is 5.01. The molecule has 0 fully saturated rings. The molecule has 3 aromatic rings. The molecule has 1 N–H and O–H groups in total. The molecular formula is C20H14BrF3N4O3. The number of hydrogen-bond acceptors (Lipinski definition) is 4. The number of halogens is 4. The van der Waals surface area contributed by atoms with Gasteiger partial charge in [-0.1, -0.05) is 15.9 Å². The predicted molar refractivity (Wildman–Crippen MR) is 109 cm³/mol. The van der Waals surface area contributed by atoms with Gasteiger partial charge in [0.05, 0.1) is 22.6 Å². The van der Waals surface area contributed by atoms with Crippen molar-refractivity contribution in [1.82, 2.24) is 9.78 Å². The summed E-state index contributed by atoms with van der Waals surface area (Å²) in [5.74, 6) is -0.698. The largest absolute Gasteiger partial charge is 0.482 e. The topological polar surface area (TPSA) is 76.5 Å². The molecule has 1 aliphatic heterocycles. The number of fused-ring (bicyclic) bond motifs is 1. The van der Waals surface area contributed by atoms with E-state index in [2.05, 4.69) is 26.3 Å². The number of amides is 2. The van der Waals surface area contributed by atoms with Crippen molar-refractivity contribution < 1.29 is 27.5 Å². The zero-order valence-electron chi connectivity index (χ0n) is 15.7. The summed E-state index contributed by atoms with van der Waals surface area (Å²) in [6, 6.07) is 9.53. The van der Waals surface area contributed by atoms with Gasteiger partial charge in [0.2, 0.25) is 5.91 Å². The average Bonchev–Trinajstić information content (AvgIpc) is 3.24. The number of carbonyl (C=O) groups excluding carboxylic acids is 2. The average molecular weight is 495 g/mol. The standard InChI is InChI=1S/C20H14BrF3N4O3/c21-13-3-5-16-17(9-13)31-11-19(30)27(16)10-18(29)26-14-8-12(20(22,23)24)2-4-15(14)28-7-1-6-25-28/h1-9H,10-11H2,(H,26,29). The summed E-state index contributed by atoms with van der Waals surface area (Å²) in [4.78, 5) is 26.3. The molecule has 0 aliphatic carbocycles. The molecule has 0 spiro atoms. The van der Waals surface area contributed by atoms with Crippen LogP contribution in [0.1, 0.15) is 5.56 Å². The molecule has 7 nitrogen and oxygen atoms in total. The van der Waals surface area contributed by atoms with Gasteiger partial charge in [0.15, 0.2) is 6.61 Å². The Morgan fingerprint density at radius 2 is 1.97 bits per heavy atom. The highest BCUT2D eigenvalue weighted by Gasteiger charge is 2.32. The summed E-state index contributed by atoms with van der Waals surface area (Å²) >= 11 is 3.31. The second kappa shape index (κ2) is 8.06. The van der Waals surface area contributed by atoms with E-state index in [1.807, 2.05) is 0 Å². The molecule has 2 heterocycles. The van der Waals surface area contributed by atoms with Gasteiger partial charge in [0.25, 0.3) is 5.91 Å². The molecule has 0 atom stereocenters. The molecule has 11 heteroatoms. The summed E-state index contributed by atoms with van der Waals surface area (Å²) in [5.41, 5.74) is -0.355. The van der Waals surface area contributed by atoms with Gasteiger partial charge in [-0.05, 0) is 42.5 Å². The van der Waals surface area contributed by atoms with Crippen LogP contribution < -0.4 is 15.0 Å². The minimum absolute atomic E-state index is 0.0831. The van der Waals surface area contributed by atoms with E-state index >= 15 is 0 Å². The zero-order chi connectivity index (χ0) is 22.2. The molecule has 2 amide bonds. The second-order valence-electron chi connectivity index (χ2n) is 6.61. The normalized spacial score (nSPS) is 13.5. The van der Waals surface area contributed by atoms with E-state index in [-0.39, 0.29) is 18.0 Å². The van der Waals surface area contributed by atoms with Crippen LogP contribution in [-0.2, 0) is 15.8 Å². The Morgan fingerprint density at radius 3 is 2.68 bits per heavy atom. The van der Waals surface area contributed by atoms with Gasteiger partial charge in [0, 0.05) is 16.9 Å². The number of nitrogens with zero attached hydrogens (tertiary/aromatic N) is 3. The molecular weight excluding hydrogens is 481 g/mol. The second-order valence-corrected chi connectivity index (χ2v) is 7.52. The number of benzene rings is 2. The molecule has 0 unspecified atom stereocenters. The van der Waals surface area contributed by atoms with Crippen LogP contribution in [0.3, 0.4) is 0 Å². The minimum Gasteiger partial charge on any atom is -0.482 e. The first-order chi connectivity index (χ1) is 14.7. The summed E-state index contributed by atoms with van der Waals surface area (Å²) < 4.78 is 47.0. The van der Waals surface area contributed by atoms with Crippen molar-refractivity contribution in [2.24, 2.45) is 0 Å². The lowest BCUT2D eigenvalue weighted by Gasteiger charge is -2.29. The quantitative estimate of drug-likeness (QED) is 0.594. The number of rotatable bonds is 4. The lowest BCUT2D eigenvalue weighted by atomic mass is 10.1. The number of aromatic nitrogens is 2. The SMILES string of the molecule is O=C(CN1C(=O)COc2cc(Br)ccc21)Nc1cc(C(F)(F)F)ccc1-n1cccn1. The predicted octanol–water partition coefficient (Wildman–Crippen LogP) is 4.02. The van der Waals surface area contributed by atoms with Crippen molar-refractivity contribution in [3.63, 3.8) is 0 Å². The third-order valence-electron chi connectivity index (χ3n) is 4.52. The van der Waals surface area contributed by atoms with E-state index in [4.69, 9.17) is 4.74 Å². The number of anilines is 2. The van der Waals surface area contributed by atoms with E-state index < -0.39 is 30.1 Å². The fourth-order valence-electron chi connectivity index (χ4n) is 3.11. The maximum absolute atomic E-state index is 13.2.